The molecule has 11 heteroatoms. The molecule has 2 N–H and O–H groups in total. The van der Waals surface area contributed by atoms with Gasteiger partial charge in [0.25, 0.3) is 0 Å². The van der Waals surface area contributed by atoms with Crippen molar-refractivity contribution in [3.8, 4) is 0 Å². The molecule has 3 aliphatic heterocycles. The smallest absolute Gasteiger partial charge is 0.313 e. The Kier molecular flexibility index (Phi) is 12.8. The molecule has 3 saturated heterocycles. The number of esters is 1. The highest BCUT2D eigenvalue weighted by Crippen LogP contribution is 2.59. The average Bonchev–Trinajstić information content (AvgIpc) is 3.71. The number of aliphatic hydroxyl groups excluding tert-OH is 1. The molecule has 258 valence electrons. The van der Waals surface area contributed by atoms with Crippen molar-refractivity contribution in [3.63, 3.8) is 0 Å². The first-order chi connectivity index (χ1) is 22.7. The number of benzene rings is 1. The van der Waals surface area contributed by atoms with Crippen molar-refractivity contribution in [3.05, 3.63) is 61.2 Å². The standard InChI is InChI=1S/C36H51N3O8/c1-6-9-17-28(41)37-26(23-45-5)31(25-15-11-10-12-16-25)46-35(44)29-27-18-19-36(47-27)30(29)33(42)39(21-13-22-40)32(36)34(43)38(20-8-3)24(4)14-7-2/h6,8,10-12,15-16,24,26-27,29-32,40H,1,3,7,9,13-14,17-23H2,2,4-5H3,(H,37,41)/t24?,26-,27+,29-,30-,31-,32+,36-/m1/s1. The van der Waals surface area contributed by atoms with E-state index in [0.29, 0.717) is 31.4 Å². The molecule has 1 spiro atoms. The summed E-state index contributed by atoms with van der Waals surface area (Å²) in [6.45, 7) is 12.0. The van der Waals surface area contributed by atoms with Crippen LogP contribution in [0, 0.1) is 11.8 Å². The van der Waals surface area contributed by atoms with Gasteiger partial charge in [0.2, 0.25) is 17.7 Å². The molecule has 0 aromatic heterocycles. The van der Waals surface area contributed by atoms with Crippen LogP contribution in [0.3, 0.4) is 0 Å². The first-order valence-corrected chi connectivity index (χ1v) is 16.8. The van der Waals surface area contributed by atoms with Crippen LogP contribution in [0.5, 0.6) is 0 Å². The van der Waals surface area contributed by atoms with E-state index in [1.54, 1.807) is 17.1 Å². The molecule has 3 heterocycles. The predicted octanol–water partition coefficient (Wildman–Crippen LogP) is 3.33. The quantitative estimate of drug-likeness (QED) is 0.172. The van der Waals surface area contributed by atoms with Gasteiger partial charge >= 0.3 is 5.97 Å². The zero-order valence-corrected chi connectivity index (χ0v) is 28.0. The van der Waals surface area contributed by atoms with Crippen LogP contribution in [0.1, 0.15) is 70.5 Å². The summed E-state index contributed by atoms with van der Waals surface area (Å²) in [7, 11) is 1.51. The van der Waals surface area contributed by atoms with E-state index in [4.69, 9.17) is 14.2 Å². The Hall–Kier alpha value is -3.54. The van der Waals surface area contributed by atoms with Gasteiger partial charge in [-0.15, -0.1) is 13.2 Å². The topological polar surface area (TPSA) is 135 Å². The number of nitrogens with one attached hydrogen (secondary N) is 1. The van der Waals surface area contributed by atoms with Gasteiger partial charge < -0.3 is 34.4 Å². The Morgan fingerprint density at radius 2 is 1.98 bits per heavy atom. The fraction of sp³-hybridized carbons (Fsp3) is 0.611. The lowest BCUT2D eigenvalue weighted by molar-refractivity contribution is -0.163. The van der Waals surface area contributed by atoms with Crippen LogP contribution in [0.15, 0.2) is 55.6 Å². The number of fused-ring (bicyclic) bond motifs is 1. The van der Waals surface area contributed by atoms with Crippen molar-refractivity contribution >= 4 is 23.7 Å². The molecular formula is C36H51N3O8. The van der Waals surface area contributed by atoms with Crippen molar-refractivity contribution < 1.29 is 38.5 Å². The van der Waals surface area contributed by atoms with Gasteiger partial charge in [0.15, 0.2) is 0 Å². The van der Waals surface area contributed by atoms with Crippen molar-refractivity contribution in [1.82, 2.24) is 15.1 Å². The van der Waals surface area contributed by atoms with E-state index in [-0.39, 0.29) is 56.4 Å². The highest BCUT2D eigenvalue weighted by Gasteiger charge is 2.75. The molecule has 4 rings (SSSR count). The Morgan fingerprint density at radius 3 is 2.62 bits per heavy atom. The summed E-state index contributed by atoms with van der Waals surface area (Å²) in [4.78, 5) is 59.1. The number of rotatable bonds is 19. The molecular weight excluding hydrogens is 602 g/mol. The zero-order chi connectivity index (χ0) is 34.1. The third-order valence-corrected chi connectivity index (χ3v) is 9.72. The highest BCUT2D eigenvalue weighted by molar-refractivity contribution is 5.98. The maximum absolute atomic E-state index is 14.4. The molecule has 3 aliphatic rings. The van der Waals surface area contributed by atoms with E-state index in [1.807, 2.05) is 37.3 Å². The summed E-state index contributed by atoms with van der Waals surface area (Å²) >= 11 is 0. The van der Waals surface area contributed by atoms with Gasteiger partial charge in [-0.3, -0.25) is 19.2 Å². The summed E-state index contributed by atoms with van der Waals surface area (Å²) in [5.74, 6) is -3.31. The number of amides is 3. The molecule has 1 aromatic carbocycles. The number of carbonyl (C=O) groups is 4. The minimum atomic E-state index is -1.20. The Labute approximate surface area is 278 Å². The van der Waals surface area contributed by atoms with E-state index in [1.165, 1.54) is 12.0 Å². The van der Waals surface area contributed by atoms with Gasteiger partial charge in [-0.05, 0) is 44.6 Å². The molecule has 0 saturated carbocycles. The number of likely N-dealkylation sites (tertiary alicyclic amines) is 1. The van der Waals surface area contributed by atoms with Gasteiger partial charge in [0.1, 0.15) is 17.7 Å². The van der Waals surface area contributed by atoms with Crippen LogP contribution >= 0.6 is 0 Å². The molecule has 2 bridgehead atoms. The van der Waals surface area contributed by atoms with Gasteiger partial charge in [-0.1, -0.05) is 55.8 Å². The third-order valence-electron chi connectivity index (χ3n) is 9.72. The monoisotopic (exact) mass is 653 g/mol. The lowest BCUT2D eigenvalue weighted by Gasteiger charge is -2.39. The van der Waals surface area contributed by atoms with Crippen LogP contribution < -0.4 is 5.32 Å². The lowest BCUT2D eigenvalue weighted by Crippen LogP contribution is -2.58. The lowest BCUT2D eigenvalue weighted by atomic mass is 9.70. The largest absolute Gasteiger partial charge is 0.455 e. The number of nitrogens with zero attached hydrogens (tertiary/aromatic N) is 2. The number of ether oxygens (including phenoxy) is 3. The molecule has 8 atom stereocenters. The minimum Gasteiger partial charge on any atom is -0.455 e. The Balaban J connectivity index is 1.68. The number of hydrogen-bond donors (Lipinski definition) is 2. The van der Waals surface area contributed by atoms with Crippen molar-refractivity contribution in [2.75, 3.05) is 33.4 Å². The minimum absolute atomic E-state index is 0.0736. The first-order valence-electron chi connectivity index (χ1n) is 16.8. The normalized spacial score (nSPS) is 26.3. The second-order valence-electron chi connectivity index (χ2n) is 12.8. The zero-order valence-electron chi connectivity index (χ0n) is 28.0. The molecule has 3 fully saturated rings. The van der Waals surface area contributed by atoms with Gasteiger partial charge in [-0.2, -0.15) is 0 Å². The van der Waals surface area contributed by atoms with Crippen LogP contribution in [-0.4, -0.2) is 102 Å². The van der Waals surface area contributed by atoms with Crippen molar-refractivity contribution in [1.29, 1.82) is 0 Å². The fourth-order valence-corrected chi connectivity index (χ4v) is 7.66. The first kappa shape index (κ1) is 36.3. The molecule has 11 nitrogen and oxygen atoms in total. The molecule has 47 heavy (non-hydrogen) atoms. The second kappa shape index (κ2) is 16.5. The van der Waals surface area contributed by atoms with Crippen LogP contribution in [0.4, 0.5) is 0 Å². The number of allylic oxidation sites excluding steroid dienone is 1. The maximum atomic E-state index is 14.4. The number of methoxy groups -OCH3 is 1. The van der Waals surface area contributed by atoms with Gasteiger partial charge in [-0.25, -0.2) is 0 Å². The van der Waals surface area contributed by atoms with E-state index < -0.39 is 47.7 Å². The van der Waals surface area contributed by atoms with Crippen molar-refractivity contribution in [2.24, 2.45) is 11.8 Å². The predicted molar refractivity (Wildman–Crippen MR) is 176 cm³/mol. The van der Waals surface area contributed by atoms with E-state index in [2.05, 4.69) is 25.4 Å². The van der Waals surface area contributed by atoms with E-state index in [0.717, 1.165) is 12.8 Å². The fourth-order valence-electron chi connectivity index (χ4n) is 7.66. The number of aliphatic hydroxyl groups is 1. The Bertz CT molecular complexity index is 1270. The third kappa shape index (κ3) is 7.47. The summed E-state index contributed by atoms with van der Waals surface area (Å²) in [6.07, 6.45) is 5.40. The van der Waals surface area contributed by atoms with Gasteiger partial charge in [0.05, 0.1) is 30.6 Å². The van der Waals surface area contributed by atoms with Crippen molar-refractivity contribution in [2.45, 2.75) is 94.7 Å². The van der Waals surface area contributed by atoms with E-state index in [9.17, 15) is 24.3 Å². The van der Waals surface area contributed by atoms with Crippen LogP contribution in [0.25, 0.3) is 0 Å². The van der Waals surface area contributed by atoms with Gasteiger partial charge in [0, 0.05) is 39.3 Å². The highest BCUT2D eigenvalue weighted by atomic mass is 16.6. The van der Waals surface area contributed by atoms with Crippen LogP contribution in [0.2, 0.25) is 0 Å². The van der Waals surface area contributed by atoms with Crippen LogP contribution in [-0.2, 0) is 33.4 Å². The SMILES string of the molecule is C=CCCC(=O)N[C@H](COC)[C@H](OC(=O)[C@@H]1[C@@H]2CC[C@]3(O2)[C@H](C(=O)N(CC=C)C(C)CCC)N(CCCO)C(=O)[C@@H]13)c1ccccc1. The molecule has 3 amide bonds. The number of hydrogen-bond acceptors (Lipinski definition) is 8. The number of carbonyl (C=O) groups excluding carboxylic acids is 4. The Morgan fingerprint density at radius 1 is 1.23 bits per heavy atom. The summed E-state index contributed by atoms with van der Waals surface area (Å²) in [6, 6.07) is 7.36. The molecule has 0 radical (unpaired) electrons. The summed E-state index contributed by atoms with van der Waals surface area (Å²) in [5, 5.41) is 12.6. The second-order valence-corrected chi connectivity index (χ2v) is 12.8. The molecule has 1 aromatic rings. The molecule has 1 unspecified atom stereocenters. The molecule has 0 aliphatic carbocycles. The maximum Gasteiger partial charge on any atom is 0.313 e. The summed E-state index contributed by atoms with van der Waals surface area (Å²) < 4.78 is 18.3. The average molecular weight is 654 g/mol. The van der Waals surface area contributed by atoms with E-state index >= 15 is 0 Å². The summed E-state index contributed by atoms with van der Waals surface area (Å²) in [5.41, 5.74) is -0.540.